The van der Waals surface area contributed by atoms with Crippen LogP contribution in [0.4, 0.5) is 13.2 Å². The van der Waals surface area contributed by atoms with Gasteiger partial charge in [-0.1, -0.05) is 24.3 Å². The fourth-order valence-electron chi connectivity index (χ4n) is 3.17. The predicted molar refractivity (Wildman–Crippen MR) is 107 cm³/mol. The number of benzene rings is 2. The molecule has 10 heteroatoms. The van der Waals surface area contributed by atoms with Gasteiger partial charge in [-0.2, -0.15) is 13.2 Å². The molecule has 2 aromatic carbocycles. The highest BCUT2D eigenvalue weighted by atomic mass is 19.4. The number of hydrogen-bond acceptors (Lipinski definition) is 6. The zero-order chi connectivity index (χ0) is 23.3. The Labute approximate surface area is 182 Å². The Morgan fingerprint density at radius 1 is 1.09 bits per heavy atom. The van der Waals surface area contributed by atoms with Crippen LogP contribution in [0, 0.1) is 0 Å². The summed E-state index contributed by atoms with van der Waals surface area (Å²) in [6.07, 6.45) is -3.44. The van der Waals surface area contributed by atoms with Crippen LogP contribution in [0.15, 0.2) is 53.1 Å². The summed E-state index contributed by atoms with van der Waals surface area (Å²) in [5.41, 5.74) is 0.185. The van der Waals surface area contributed by atoms with Crippen LogP contribution in [0.2, 0.25) is 0 Å². The molecular weight excluding hydrogens is 429 g/mol. The maximum absolute atomic E-state index is 13.1. The first-order valence-corrected chi connectivity index (χ1v) is 9.46. The third kappa shape index (κ3) is 5.79. The fraction of sp³-hybridized carbons (Fsp3) is 0.273. The van der Waals surface area contributed by atoms with Crippen molar-refractivity contribution in [1.82, 2.24) is 9.88 Å². The van der Waals surface area contributed by atoms with Crippen molar-refractivity contribution in [3.63, 3.8) is 0 Å². The summed E-state index contributed by atoms with van der Waals surface area (Å²) in [6, 6.07) is 10.3. The normalized spacial score (nSPS) is 11.6. The number of aromatic carboxylic acids is 1. The minimum Gasteiger partial charge on any atom is -0.497 e. The lowest BCUT2D eigenvalue weighted by molar-refractivity contribution is -0.137. The minimum atomic E-state index is -4.46. The number of oxazole rings is 1. The summed E-state index contributed by atoms with van der Waals surface area (Å²) >= 11 is 0. The largest absolute Gasteiger partial charge is 0.497 e. The van der Waals surface area contributed by atoms with Gasteiger partial charge in [-0.05, 0) is 17.7 Å². The first kappa shape index (κ1) is 23.1. The van der Waals surface area contributed by atoms with E-state index < -0.39 is 17.7 Å². The number of nitrogens with zero attached hydrogens (tertiary/aromatic N) is 2. The van der Waals surface area contributed by atoms with Crippen molar-refractivity contribution in [3.8, 4) is 11.5 Å². The van der Waals surface area contributed by atoms with Crippen LogP contribution in [-0.4, -0.2) is 35.2 Å². The molecule has 170 valence electrons. The molecule has 0 fully saturated rings. The van der Waals surface area contributed by atoms with E-state index in [-0.39, 0.29) is 31.2 Å². The van der Waals surface area contributed by atoms with Gasteiger partial charge < -0.3 is 19.0 Å². The number of carboxylic acid groups (broad SMARTS) is 1. The lowest BCUT2D eigenvalue weighted by atomic mass is 10.1. The molecule has 1 heterocycles. The molecule has 0 saturated heterocycles. The van der Waals surface area contributed by atoms with Crippen molar-refractivity contribution in [3.05, 3.63) is 77.0 Å². The van der Waals surface area contributed by atoms with Gasteiger partial charge in [-0.15, -0.1) is 0 Å². The molecule has 7 nitrogen and oxygen atoms in total. The first-order valence-electron chi connectivity index (χ1n) is 9.46. The Balaban J connectivity index is 1.90. The SMILES string of the molecule is COc1ccc(CN(Cc2cccc(C(F)(F)F)c2)Cc2nc(C(=O)O)co2)c(OC)c1. The number of carboxylic acids is 1. The fourth-order valence-corrected chi connectivity index (χ4v) is 3.17. The van der Waals surface area contributed by atoms with Gasteiger partial charge in [0.25, 0.3) is 0 Å². The van der Waals surface area contributed by atoms with Gasteiger partial charge in [0.05, 0.1) is 26.3 Å². The predicted octanol–water partition coefficient (Wildman–Crippen LogP) is 4.61. The smallest absolute Gasteiger partial charge is 0.416 e. The molecular formula is C22H21F3N2O5. The average Bonchev–Trinajstić information content (AvgIpc) is 3.22. The molecule has 0 unspecified atom stereocenters. The van der Waals surface area contributed by atoms with Crippen molar-refractivity contribution in [2.45, 2.75) is 25.8 Å². The molecule has 32 heavy (non-hydrogen) atoms. The maximum Gasteiger partial charge on any atom is 0.416 e. The van der Waals surface area contributed by atoms with Gasteiger partial charge in [0.1, 0.15) is 17.8 Å². The summed E-state index contributed by atoms with van der Waals surface area (Å²) < 4.78 is 55.2. The monoisotopic (exact) mass is 450 g/mol. The molecule has 0 spiro atoms. The second-order valence-electron chi connectivity index (χ2n) is 6.95. The topological polar surface area (TPSA) is 85.0 Å². The van der Waals surface area contributed by atoms with Gasteiger partial charge in [0.2, 0.25) is 5.89 Å². The van der Waals surface area contributed by atoms with E-state index in [1.165, 1.54) is 20.3 Å². The molecule has 0 atom stereocenters. The highest BCUT2D eigenvalue weighted by Crippen LogP contribution is 2.31. The number of methoxy groups -OCH3 is 2. The van der Waals surface area contributed by atoms with E-state index in [1.54, 1.807) is 29.2 Å². The van der Waals surface area contributed by atoms with Crippen LogP contribution in [0.25, 0.3) is 0 Å². The summed E-state index contributed by atoms with van der Waals surface area (Å²) in [5, 5.41) is 9.06. The van der Waals surface area contributed by atoms with E-state index >= 15 is 0 Å². The van der Waals surface area contributed by atoms with Gasteiger partial charge >= 0.3 is 12.1 Å². The number of rotatable bonds is 9. The standard InChI is InChI=1S/C22H21F3N2O5/c1-30-17-7-6-15(19(9-17)31-2)11-27(12-20-26-18(13-32-20)21(28)29)10-14-4-3-5-16(8-14)22(23,24)25/h3-9,13H,10-12H2,1-2H3,(H,28,29). The van der Waals surface area contributed by atoms with E-state index in [2.05, 4.69) is 4.98 Å². The Hall–Kier alpha value is -3.53. The van der Waals surface area contributed by atoms with Crippen LogP contribution in [0.3, 0.4) is 0 Å². The zero-order valence-corrected chi connectivity index (χ0v) is 17.3. The number of halogens is 3. The summed E-state index contributed by atoms with van der Waals surface area (Å²) in [6.45, 7) is 0.469. The zero-order valence-electron chi connectivity index (χ0n) is 17.3. The molecule has 1 aromatic heterocycles. The van der Waals surface area contributed by atoms with Gasteiger partial charge in [-0.25, -0.2) is 9.78 Å². The third-order valence-electron chi connectivity index (χ3n) is 4.68. The molecule has 3 aromatic rings. The third-order valence-corrected chi connectivity index (χ3v) is 4.68. The van der Waals surface area contributed by atoms with Gasteiger partial charge in [0, 0.05) is 24.7 Å². The molecule has 0 radical (unpaired) electrons. The van der Waals surface area contributed by atoms with Crippen molar-refractivity contribution in [2.75, 3.05) is 14.2 Å². The van der Waals surface area contributed by atoms with E-state index in [0.29, 0.717) is 17.1 Å². The first-order chi connectivity index (χ1) is 15.2. The highest BCUT2D eigenvalue weighted by Gasteiger charge is 2.30. The van der Waals surface area contributed by atoms with E-state index in [0.717, 1.165) is 24.0 Å². The number of aromatic nitrogens is 1. The van der Waals surface area contributed by atoms with E-state index in [4.69, 9.17) is 19.0 Å². The summed E-state index contributed by atoms with van der Waals surface area (Å²) in [7, 11) is 3.03. The maximum atomic E-state index is 13.1. The van der Waals surface area contributed by atoms with E-state index in [1.807, 2.05) is 0 Å². The Morgan fingerprint density at radius 2 is 1.88 bits per heavy atom. The molecule has 0 aliphatic rings. The van der Waals surface area contributed by atoms with Crippen molar-refractivity contribution < 1.29 is 37.0 Å². The Kier molecular flexibility index (Phi) is 7.04. The molecule has 0 amide bonds. The second kappa shape index (κ2) is 9.73. The lowest BCUT2D eigenvalue weighted by Crippen LogP contribution is -2.23. The average molecular weight is 450 g/mol. The molecule has 0 bridgehead atoms. The summed E-state index contributed by atoms with van der Waals surface area (Å²) in [5.74, 6) is 0.0222. The number of carbonyl (C=O) groups is 1. The quantitative estimate of drug-likeness (QED) is 0.510. The van der Waals surface area contributed by atoms with Crippen LogP contribution < -0.4 is 9.47 Å². The van der Waals surface area contributed by atoms with Crippen LogP contribution in [0.1, 0.15) is 33.1 Å². The lowest BCUT2D eigenvalue weighted by Gasteiger charge is -2.23. The van der Waals surface area contributed by atoms with Crippen LogP contribution in [0.5, 0.6) is 11.5 Å². The van der Waals surface area contributed by atoms with Crippen molar-refractivity contribution >= 4 is 5.97 Å². The molecule has 0 aliphatic heterocycles. The molecule has 0 aliphatic carbocycles. The number of ether oxygens (including phenoxy) is 2. The highest BCUT2D eigenvalue weighted by molar-refractivity contribution is 5.84. The second-order valence-corrected chi connectivity index (χ2v) is 6.95. The Bertz CT molecular complexity index is 1080. The van der Waals surface area contributed by atoms with Gasteiger partial charge in [-0.3, -0.25) is 4.90 Å². The molecule has 3 rings (SSSR count). The van der Waals surface area contributed by atoms with Crippen molar-refractivity contribution in [1.29, 1.82) is 0 Å². The van der Waals surface area contributed by atoms with E-state index in [9.17, 15) is 18.0 Å². The number of hydrogen-bond donors (Lipinski definition) is 1. The van der Waals surface area contributed by atoms with Crippen LogP contribution >= 0.6 is 0 Å². The van der Waals surface area contributed by atoms with Crippen molar-refractivity contribution in [2.24, 2.45) is 0 Å². The van der Waals surface area contributed by atoms with Gasteiger partial charge in [0.15, 0.2) is 5.69 Å². The van der Waals surface area contributed by atoms with Crippen LogP contribution in [-0.2, 0) is 25.8 Å². The number of alkyl halides is 3. The Morgan fingerprint density at radius 3 is 2.50 bits per heavy atom. The molecule has 1 N–H and O–H groups in total. The minimum absolute atomic E-state index is 0.0682. The molecule has 0 saturated carbocycles. The summed E-state index contributed by atoms with van der Waals surface area (Å²) in [4.78, 5) is 16.8.